The summed E-state index contributed by atoms with van der Waals surface area (Å²) in [5.41, 5.74) is 1.87. The maximum atomic E-state index is 11.1. The van der Waals surface area contributed by atoms with Gasteiger partial charge in [-0.15, -0.1) is 0 Å². The van der Waals surface area contributed by atoms with Crippen molar-refractivity contribution in [3.63, 3.8) is 0 Å². The Morgan fingerprint density at radius 1 is 1.11 bits per heavy atom. The minimum Gasteiger partial charge on any atom is -0.462 e. The molecule has 0 unspecified atom stereocenters. The monoisotopic (exact) mass is 246 g/mol. The molecule has 98 valence electrons. The van der Waals surface area contributed by atoms with E-state index >= 15 is 0 Å². The maximum Gasteiger partial charge on any atom is 0.333 e. The summed E-state index contributed by atoms with van der Waals surface area (Å²) in [5.74, 6) is -0.278. The Balaban J connectivity index is 1.96. The zero-order valence-corrected chi connectivity index (χ0v) is 11.2. The molecule has 0 aliphatic rings. The lowest BCUT2D eigenvalue weighted by molar-refractivity contribution is -0.139. The van der Waals surface area contributed by atoms with Crippen LogP contribution in [0.4, 0.5) is 0 Å². The quantitative estimate of drug-likeness (QED) is 0.395. The van der Waals surface area contributed by atoms with E-state index in [-0.39, 0.29) is 5.97 Å². The van der Waals surface area contributed by atoms with Gasteiger partial charge < -0.3 is 4.74 Å². The highest BCUT2D eigenvalue weighted by Gasteiger charge is 2.01. The van der Waals surface area contributed by atoms with Crippen LogP contribution in [0.1, 0.15) is 38.2 Å². The molecule has 1 aromatic rings. The maximum absolute atomic E-state index is 11.1. The van der Waals surface area contributed by atoms with Crippen molar-refractivity contribution >= 4 is 5.97 Å². The summed E-state index contributed by atoms with van der Waals surface area (Å²) in [6.45, 7) is 5.72. The molecule has 0 aliphatic carbocycles. The van der Waals surface area contributed by atoms with Crippen LogP contribution in [-0.4, -0.2) is 12.6 Å². The number of unbranched alkanes of at least 4 members (excludes halogenated alkanes) is 3. The first-order chi connectivity index (χ1) is 8.70. The van der Waals surface area contributed by atoms with Crippen LogP contribution in [0, 0.1) is 0 Å². The average Bonchev–Trinajstić information content (AvgIpc) is 2.38. The van der Waals surface area contributed by atoms with Gasteiger partial charge in [-0.25, -0.2) is 4.79 Å². The van der Waals surface area contributed by atoms with Crippen LogP contribution in [0.15, 0.2) is 42.5 Å². The Bertz CT molecular complexity index is 368. The molecule has 2 nitrogen and oxygen atoms in total. The molecule has 1 aromatic carbocycles. The second-order valence-electron chi connectivity index (χ2n) is 4.57. The van der Waals surface area contributed by atoms with Gasteiger partial charge in [0, 0.05) is 5.57 Å². The Kier molecular flexibility index (Phi) is 6.85. The zero-order valence-electron chi connectivity index (χ0n) is 11.2. The predicted octanol–water partition coefficient (Wildman–Crippen LogP) is 3.91. The standard InChI is InChI=1S/C16H22O2/c1-14(2)16(17)18-13-9-4-3-6-10-15-11-7-5-8-12-15/h5,7-8,11-12H,1,3-4,6,9-10,13H2,2H3. The second-order valence-corrected chi connectivity index (χ2v) is 4.57. The summed E-state index contributed by atoms with van der Waals surface area (Å²) < 4.78 is 5.03. The van der Waals surface area contributed by atoms with Crippen molar-refractivity contribution in [2.45, 2.75) is 39.0 Å². The van der Waals surface area contributed by atoms with Crippen LogP contribution in [-0.2, 0) is 16.0 Å². The molecule has 1 rings (SSSR count). The number of aryl methyl sites for hydroxylation is 1. The van der Waals surface area contributed by atoms with E-state index in [0.717, 1.165) is 19.3 Å². The smallest absolute Gasteiger partial charge is 0.333 e. The second kappa shape index (κ2) is 8.51. The molecule has 0 heterocycles. The third-order valence-corrected chi connectivity index (χ3v) is 2.78. The fourth-order valence-corrected chi connectivity index (χ4v) is 1.72. The van der Waals surface area contributed by atoms with Crippen molar-refractivity contribution in [3.8, 4) is 0 Å². The van der Waals surface area contributed by atoms with E-state index in [1.807, 2.05) is 6.07 Å². The minimum atomic E-state index is -0.278. The molecule has 0 aliphatic heterocycles. The fraction of sp³-hybridized carbons (Fsp3) is 0.438. The lowest BCUT2D eigenvalue weighted by atomic mass is 10.1. The summed E-state index contributed by atoms with van der Waals surface area (Å²) in [7, 11) is 0. The first kappa shape index (κ1) is 14.5. The molecule has 0 atom stereocenters. The van der Waals surface area contributed by atoms with E-state index in [2.05, 4.69) is 30.8 Å². The first-order valence-electron chi connectivity index (χ1n) is 6.56. The molecule has 0 spiro atoms. The summed E-state index contributed by atoms with van der Waals surface area (Å²) in [4.78, 5) is 11.1. The molecule has 0 N–H and O–H groups in total. The Morgan fingerprint density at radius 3 is 2.44 bits per heavy atom. The molecular formula is C16H22O2. The largest absolute Gasteiger partial charge is 0.462 e. The third kappa shape index (κ3) is 6.24. The number of hydrogen-bond donors (Lipinski definition) is 0. The van der Waals surface area contributed by atoms with Gasteiger partial charge >= 0.3 is 5.97 Å². The Hall–Kier alpha value is -1.57. The molecule has 0 bridgehead atoms. The van der Waals surface area contributed by atoms with E-state index in [0.29, 0.717) is 12.2 Å². The first-order valence-corrected chi connectivity index (χ1v) is 6.56. The molecule has 0 radical (unpaired) electrons. The molecule has 0 saturated carbocycles. The van der Waals surface area contributed by atoms with Crippen molar-refractivity contribution in [2.75, 3.05) is 6.61 Å². The van der Waals surface area contributed by atoms with Gasteiger partial charge in [0.25, 0.3) is 0 Å². The highest BCUT2D eigenvalue weighted by atomic mass is 16.5. The van der Waals surface area contributed by atoms with Gasteiger partial charge in [0.2, 0.25) is 0 Å². The van der Waals surface area contributed by atoms with Crippen LogP contribution < -0.4 is 0 Å². The van der Waals surface area contributed by atoms with Gasteiger partial charge in [0.05, 0.1) is 6.61 Å². The van der Waals surface area contributed by atoms with E-state index in [4.69, 9.17) is 4.74 Å². The summed E-state index contributed by atoms with van der Waals surface area (Å²) >= 11 is 0. The molecule has 0 fully saturated rings. The Labute approximate surface area is 110 Å². The van der Waals surface area contributed by atoms with Crippen molar-refractivity contribution in [1.82, 2.24) is 0 Å². The van der Waals surface area contributed by atoms with Crippen molar-refractivity contribution in [1.29, 1.82) is 0 Å². The van der Waals surface area contributed by atoms with Gasteiger partial charge in [-0.2, -0.15) is 0 Å². The van der Waals surface area contributed by atoms with Gasteiger partial charge in [0.15, 0.2) is 0 Å². The SMILES string of the molecule is C=C(C)C(=O)OCCCCCCc1ccccc1. The van der Waals surface area contributed by atoms with E-state index in [1.54, 1.807) is 6.92 Å². The molecule has 0 aromatic heterocycles. The summed E-state index contributed by atoms with van der Waals surface area (Å²) in [5, 5.41) is 0. The number of rotatable bonds is 8. The number of esters is 1. The molecule has 18 heavy (non-hydrogen) atoms. The minimum absolute atomic E-state index is 0.278. The molecular weight excluding hydrogens is 224 g/mol. The number of benzene rings is 1. The topological polar surface area (TPSA) is 26.3 Å². The lowest BCUT2D eigenvalue weighted by Gasteiger charge is -2.04. The van der Waals surface area contributed by atoms with Crippen LogP contribution >= 0.6 is 0 Å². The van der Waals surface area contributed by atoms with E-state index in [9.17, 15) is 4.79 Å². The highest BCUT2D eigenvalue weighted by Crippen LogP contribution is 2.07. The van der Waals surface area contributed by atoms with E-state index < -0.39 is 0 Å². The van der Waals surface area contributed by atoms with Gasteiger partial charge in [0.1, 0.15) is 0 Å². The van der Waals surface area contributed by atoms with Crippen LogP contribution in [0.5, 0.6) is 0 Å². The number of ether oxygens (including phenoxy) is 1. The van der Waals surface area contributed by atoms with Crippen molar-refractivity contribution in [2.24, 2.45) is 0 Å². The molecule has 0 amide bonds. The number of carbonyl (C=O) groups is 1. The predicted molar refractivity (Wildman–Crippen MR) is 74.4 cm³/mol. The van der Waals surface area contributed by atoms with Gasteiger partial charge in [-0.3, -0.25) is 0 Å². The zero-order chi connectivity index (χ0) is 13.2. The lowest BCUT2D eigenvalue weighted by Crippen LogP contribution is -2.06. The fourth-order valence-electron chi connectivity index (χ4n) is 1.72. The van der Waals surface area contributed by atoms with Gasteiger partial charge in [-0.1, -0.05) is 49.8 Å². The number of hydrogen-bond acceptors (Lipinski definition) is 2. The number of carbonyl (C=O) groups excluding carboxylic acids is 1. The van der Waals surface area contributed by atoms with Crippen LogP contribution in [0.3, 0.4) is 0 Å². The molecule has 2 heteroatoms. The van der Waals surface area contributed by atoms with Crippen molar-refractivity contribution < 1.29 is 9.53 Å². The Morgan fingerprint density at radius 2 is 1.78 bits per heavy atom. The summed E-state index contributed by atoms with van der Waals surface area (Å²) in [6, 6.07) is 10.5. The van der Waals surface area contributed by atoms with Crippen LogP contribution in [0.25, 0.3) is 0 Å². The summed E-state index contributed by atoms with van der Waals surface area (Å²) in [6.07, 6.45) is 5.55. The highest BCUT2D eigenvalue weighted by molar-refractivity contribution is 5.86. The average molecular weight is 246 g/mol. The normalized spacial score (nSPS) is 10.1. The van der Waals surface area contributed by atoms with Crippen molar-refractivity contribution in [3.05, 3.63) is 48.0 Å². The third-order valence-electron chi connectivity index (χ3n) is 2.78. The molecule has 0 saturated heterocycles. The van der Waals surface area contributed by atoms with Gasteiger partial charge in [-0.05, 0) is 31.7 Å². The van der Waals surface area contributed by atoms with E-state index in [1.165, 1.54) is 18.4 Å². The van der Waals surface area contributed by atoms with Crippen LogP contribution in [0.2, 0.25) is 0 Å².